The standard InChI is InChI=1S/C23H25FN4OS/c24-15-10-12-16(13-11-15)28-19-7-3-5-17(19)22(27-28)23(29)25-14-4-9-21-26-18-6-1-2-8-20(18)30-21/h10-13H,1-9,14H2,(H,25,29). The first-order valence-electron chi connectivity index (χ1n) is 10.8. The molecular formula is C23H25FN4OS. The van der Waals surface area contributed by atoms with E-state index < -0.39 is 0 Å². The molecule has 1 amide bonds. The summed E-state index contributed by atoms with van der Waals surface area (Å²) in [6.45, 7) is 0.612. The van der Waals surface area contributed by atoms with Crippen LogP contribution in [0.1, 0.15) is 63.0 Å². The van der Waals surface area contributed by atoms with Crippen molar-refractivity contribution in [1.29, 1.82) is 0 Å². The Morgan fingerprint density at radius 3 is 2.77 bits per heavy atom. The number of nitrogens with zero attached hydrogens (tertiary/aromatic N) is 3. The first-order valence-corrected chi connectivity index (χ1v) is 11.6. The topological polar surface area (TPSA) is 59.8 Å². The van der Waals surface area contributed by atoms with Gasteiger partial charge in [-0.05, 0) is 75.6 Å². The fourth-order valence-electron chi connectivity index (χ4n) is 4.45. The number of thiazole rings is 1. The van der Waals surface area contributed by atoms with Gasteiger partial charge in [0.2, 0.25) is 0 Å². The Morgan fingerprint density at radius 1 is 1.10 bits per heavy atom. The lowest BCUT2D eigenvalue weighted by Crippen LogP contribution is -2.26. The number of aryl methyl sites for hydroxylation is 3. The fraction of sp³-hybridized carbons (Fsp3) is 0.435. The summed E-state index contributed by atoms with van der Waals surface area (Å²) in [5.74, 6) is -0.394. The van der Waals surface area contributed by atoms with Crippen LogP contribution in [0.2, 0.25) is 0 Å². The van der Waals surface area contributed by atoms with Crippen molar-refractivity contribution >= 4 is 17.2 Å². The van der Waals surface area contributed by atoms with Gasteiger partial charge >= 0.3 is 0 Å². The van der Waals surface area contributed by atoms with E-state index in [4.69, 9.17) is 4.98 Å². The highest BCUT2D eigenvalue weighted by atomic mass is 32.1. The predicted octanol–water partition coefficient (Wildman–Crippen LogP) is 4.20. The summed E-state index contributed by atoms with van der Waals surface area (Å²) in [7, 11) is 0. The van der Waals surface area contributed by atoms with E-state index in [1.807, 2.05) is 11.3 Å². The zero-order valence-corrected chi connectivity index (χ0v) is 17.7. The zero-order chi connectivity index (χ0) is 20.5. The highest BCUT2D eigenvalue weighted by Gasteiger charge is 2.26. The third-order valence-electron chi connectivity index (χ3n) is 5.96. The highest BCUT2D eigenvalue weighted by Crippen LogP contribution is 2.29. The van der Waals surface area contributed by atoms with E-state index in [1.165, 1.54) is 47.0 Å². The Kier molecular flexibility index (Phi) is 5.37. The van der Waals surface area contributed by atoms with Crippen molar-refractivity contribution in [1.82, 2.24) is 20.1 Å². The number of aromatic nitrogens is 3. The van der Waals surface area contributed by atoms with E-state index in [0.717, 1.165) is 55.5 Å². The van der Waals surface area contributed by atoms with Crippen LogP contribution in [0.3, 0.4) is 0 Å². The number of halogens is 1. The maximum atomic E-state index is 13.3. The van der Waals surface area contributed by atoms with Crippen molar-refractivity contribution in [3.63, 3.8) is 0 Å². The van der Waals surface area contributed by atoms with E-state index >= 15 is 0 Å². The Balaban J connectivity index is 1.22. The minimum atomic E-state index is -0.276. The predicted molar refractivity (Wildman–Crippen MR) is 115 cm³/mol. The van der Waals surface area contributed by atoms with Crippen LogP contribution in [0.25, 0.3) is 5.69 Å². The molecule has 0 bridgehead atoms. The number of amides is 1. The van der Waals surface area contributed by atoms with Crippen LogP contribution < -0.4 is 5.32 Å². The second kappa shape index (κ2) is 8.30. The molecule has 0 unspecified atom stereocenters. The van der Waals surface area contributed by atoms with E-state index in [-0.39, 0.29) is 11.7 Å². The molecule has 156 valence electrons. The molecule has 0 saturated carbocycles. The van der Waals surface area contributed by atoms with E-state index in [9.17, 15) is 9.18 Å². The van der Waals surface area contributed by atoms with E-state index in [2.05, 4.69) is 10.4 Å². The fourth-order valence-corrected chi connectivity index (χ4v) is 5.65. The van der Waals surface area contributed by atoms with Gasteiger partial charge in [0.25, 0.3) is 5.91 Å². The van der Waals surface area contributed by atoms with Gasteiger partial charge in [0.05, 0.1) is 16.4 Å². The first kappa shape index (κ1) is 19.4. The van der Waals surface area contributed by atoms with Gasteiger partial charge in [-0.3, -0.25) is 4.79 Å². The van der Waals surface area contributed by atoms with Crippen LogP contribution in [0.5, 0.6) is 0 Å². The molecule has 0 radical (unpaired) electrons. The molecule has 0 fully saturated rings. The second-order valence-electron chi connectivity index (χ2n) is 8.06. The number of rotatable bonds is 6. The summed E-state index contributed by atoms with van der Waals surface area (Å²) in [6, 6.07) is 6.26. The molecule has 30 heavy (non-hydrogen) atoms. The quantitative estimate of drug-likeness (QED) is 0.604. The maximum absolute atomic E-state index is 13.3. The van der Waals surface area contributed by atoms with E-state index in [0.29, 0.717) is 12.2 Å². The van der Waals surface area contributed by atoms with Crippen molar-refractivity contribution in [2.75, 3.05) is 6.54 Å². The molecule has 2 heterocycles. The number of carbonyl (C=O) groups excluding carboxylic acids is 1. The molecule has 0 saturated heterocycles. The normalized spacial score (nSPS) is 15.1. The van der Waals surface area contributed by atoms with Crippen molar-refractivity contribution in [2.24, 2.45) is 0 Å². The van der Waals surface area contributed by atoms with Gasteiger partial charge in [-0.15, -0.1) is 11.3 Å². The van der Waals surface area contributed by atoms with Gasteiger partial charge in [-0.25, -0.2) is 14.1 Å². The monoisotopic (exact) mass is 424 g/mol. The van der Waals surface area contributed by atoms with Gasteiger partial charge in [0.15, 0.2) is 5.69 Å². The number of nitrogens with one attached hydrogen (secondary N) is 1. The smallest absolute Gasteiger partial charge is 0.272 e. The Morgan fingerprint density at radius 2 is 1.93 bits per heavy atom. The molecule has 5 nitrogen and oxygen atoms in total. The molecule has 2 aromatic heterocycles. The average molecular weight is 425 g/mol. The summed E-state index contributed by atoms with van der Waals surface area (Å²) in [5.41, 5.74) is 4.70. The van der Waals surface area contributed by atoms with Gasteiger partial charge in [0, 0.05) is 29.1 Å². The Hall–Kier alpha value is -2.54. The van der Waals surface area contributed by atoms with Crippen LogP contribution in [0.15, 0.2) is 24.3 Å². The van der Waals surface area contributed by atoms with Gasteiger partial charge < -0.3 is 5.32 Å². The minimum Gasteiger partial charge on any atom is -0.351 e. The van der Waals surface area contributed by atoms with Crippen LogP contribution in [-0.4, -0.2) is 27.2 Å². The number of fused-ring (bicyclic) bond motifs is 2. The summed E-state index contributed by atoms with van der Waals surface area (Å²) in [5, 5.41) is 8.81. The van der Waals surface area contributed by atoms with Crippen molar-refractivity contribution < 1.29 is 9.18 Å². The molecule has 2 aliphatic carbocycles. The molecule has 7 heteroatoms. The van der Waals surface area contributed by atoms with Crippen LogP contribution in [-0.2, 0) is 32.1 Å². The Bertz CT molecular complexity index is 1050. The lowest BCUT2D eigenvalue weighted by molar-refractivity contribution is 0.0947. The SMILES string of the molecule is O=C(NCCCc1nc2c(s1)CCCC2)c1nn(-c2ccc(F)cc2)c2c1CCC2. The number of carbonyl (C=O) groups is 1. The molecule has 1 aromatic carbocycles. The second-order valence-corrected chi connectivity index (χ2v) is 9.23. The third-order valence-corrected chi connectivity index (χ3v) is 7.18. The molecule has 2 aliphatic rings. The summed E-state index contributed by atoms with van der Waals surface area (Å²) in [6.07, 6.45) is 9.37. The van der Waals surface area contributed by atoms with Gasteiger partial charge in [-0.2, -0.15) is 5.10 Å². The van der Waals surface area contributed by atoms with Crippen molar-refractivity contribution in [3.8, 4) is 5.69 Å². The lowest BCUT2D eigenvalue weighted by Gasteiger charge is -2.06. The van der Waals surface area contributed by atoms with Crippen LogP contribution >= 0.6 is 11.3 Å². The minimum absolute atomic E-state index is 0.118. The number of hydrogen-bond donors (Lipinski definition) is 1. The molecular weight excluding hydrogens is 399 g/mol. The van der Waals surface area contributed by atoms with Crippen molar-refractivity contribution in [2.45, 2.75) is 57.8 Å². The lowest BCUT2D eigenvalue weighted by atomic mass is 10.0. The average Bonchev–Trinajstić information content (AvgIpc) is 3.46. The van der Waals surface area contributed by atoms with Crippen LogP contribution in [0, 0.1) is 5.82 Å². The van der Waals surface area contributed by atoms with Gasteiger partial charge in [0.1, 0.15) is 5.82 Å². The summed E-state index contributed by atoms with van der Waals surface area (Å²) >= 11 is 1.84. The van der Waals surface area contributed by atoms with Gasteiger partial charge in [-0.1, -0.05) is 0 Å². The number of hydrogen-bond acceptors (Lipinski definition) is 4. The number of benzene rings is 1. The third kappa shape index (κ3) is 3.78. The molecule has 3 aromatic rings. The van der Waals surface area contributed by atoms with E-state index in [1.54, 1.807) is 16.8 Å². The van der Waals surface area contributed by atoms with Crippen molar-refractivity contribution in [3.05, 3.63) is 62.6 Å². The molecule has 1 N–H and O–H groups in total. The summed E-state index contributed by atoms with van der Waals surface area (Å²) < 4.78 is 15.1. The Labute approximate surface area is 179 Å². The highest BCUT2D eigenvalue weighted by molar-refractivity contribution is 7.11. The molecule has 5 rings (SSSR count). The molecule has 0 spiro atoms. The first-order chi connectivity index (χ1) is 14.7. The molecule has 0 atom stereocenters. The summed E-state index contributed by atoms with van der Waals surface area (Å²) in [4.78, 5) is 19.1. The maximum Gasteiger partial charge on any atom is 0.272 e. The van der Waals surface area contributed by atoms with Crippen LogP contribution in [0.4, 0.5) is 4.39 Å². The molecule has 0 aliphatic heterocycles. The largest absolute Gasteiger partial charge is 0.351 e. The zero-order valence-electron chi connectivity index (χ0n) is 16.9.